The second-order valence-corrected chi connectivity index (χ2v) is 7.06. The minimum absolute atomic E-state index is 0.0297. The maximum Gasteiger partial charge on any atom is 0.246 e. The van der Waals surface area contributed by atoms with Crippen LogP contribution in [0.3, 0.4) is 0 Å². The molecule has 0 saturated carbocycles. The first-order valence-corrected chi connectivity index (χ1v) is 8.32. The van der Waals surface area contributed by atoms with Crippen molar-refractivity contribution in [1.29, 1.82) is 0 Å². The molecule has 1 heterocycles. The highest BCUT2D eigenvalue weighted by molar-refractivity contribution is 7.91. The molecule has 1 aromatic heterocycles. The summed E-state index contributed by atoms with van der Waals surface area (Å²) >= 11 is 0. The van der Waals surface area contributed by atoms with Gasteiger partial charge in [-0.15, -0.1) is 0 Å². The molecule has 0 spiro atoms. The number of sulfone groups is 1. The standard InChI is InChI=1S/C14H17N3O4S/c1-3-22(20,21)11-4-5-13(18)12(8-11)15-14(19)9-17-7-6-10(2)16-17/h4-8,18H,3,9H2,1-2H3,(H,15,19). The Morgan fingerprint density at radius 1 is 1.36 bits per heavy atom. The van der Waals surface area contributed by atoms with Gasteiger partial charge in [0.2, 0.25) is 5.91 Å². The third-order valence-corrected chi connectivity index (χ3v) is 4.79. The zero-order valence-corrected chi connectivity index (χ0v) is 13.1. The van der Waals surface area contributed by atoms with Gasteiger partial charge < -0.3 is 10.4 Å². The number of benzene rings is 1. The Labute approximate surface area is 128 Å². The van der Waals surface area contributed by atoms with Crippen LogP contribution in [0.4, 0.5) is 5.69 Å². The monoisotopic (exact) mass is 323 g/mol. The maximum absolute atomic E-state index is 11.9. The van der Waals surface area contributed by atoms with Gasteiger partial charge in [0.05, 0.1) is 22.0 Å². The molecule has 0 atom stereocenters. The Balaban J connectivity index is 2.18. The lowest BCUT2D eigenvalue weighted by Gasteiger charge is -2.09. The second-order valence-electron chi connectivity index (χ2n) is 4.79. The lowest BCUT2D eigenvalue weighted by atomic mass is 10.3. The molecule has 118 valence electrons. The Hall–Kier alpha value is -2.35. The number of nitrogens with one attached hydrogen (secondary N) is 1. The van der Waals surface area contributed by atoms with Crippen molar-refractivity contribution in [3.63, 3.8) is 0 Å². The first-order chi connectivity index (χ1) is 10.3. The number of phenols is 1. The quantitative estimate of drug-likeness (QED) is 0.808. The van der Waals surface area contributed by atoms with Gasteiger partial charge in [-0.2, -0.15) is 5.10 Å². The number of carbonyl (C=O) groups excluding carboxylic acids is 1. The molecule has 8 heteroatoms. The van der Waals surface area contributed by atoms with Crippen LogP contribution in [0.25, 0.3) is 0 Å². The van der Waals surface area contributed by atoms with Crippen molar-refractivity contribution in [2.45, 2.75) is 25.3 Å². The molecule has 22 heavy (non-hydrogen) atoms. The van der Waals surface area contributed by atoms with Gasteiger partial charge in [0.15, 0.2) is 9.84 Å². The highest BCUT2D eigenvalue weighted by Crippen LogP contribution is 2.26. The molecule has 0 radical (unpaired) electrons. The van der Waals surface area contributed by atoms with Crippen LogP contribution in [0, 0.1) is 6.92 Å². The SMILES string of the molecule is CCS(=O)(=O)c1ccc(O)c(NC(=O)Cn2ccc(C)n2)c1. The summed E-state index contributed by atoms with van der Waals surface area (Å²) in [7, 11) is -3.41. The van der Waals surface area contributed by atoms with Crippen molar-refractivity contribution in [3.05, 3.63) is 36.2 Å². The zero-order chi connectivity index (χ0) is 16.3. The number of aryl methyl sites for hydroxylation is 1. The van der Waals surface area contributed by atoms with Crippen LogP contribution >= 0.6 is 0 Å². The average Bonchev–Trinajstić information content (AvgIpc) is 2.86. The van der Waals surface area contributed by atoms with Gasteiger partial charge in [-0.25, -0.2) is 8.42 Å². The summed E-state index contributed by atoms with van der Waals surface area (Å²) in [6.07, 6.45) is 1.66. The van der Waals surface area contributed by atoms with Crippen molar-refractivity contribution >= 4 is 21.4 Å². The Morgan fingerprint density at radius 2 is 2.09 bits per heavy atom. The van der Waals surface area contributed by atoms with E-state index in [2.05, 4.69) is 10.4 Å². The first kappa shape index (κ1) is 16.0. The summed E-state index contributed by atoms with van der Waals surface area (Å²) in [5, 5.41) is 16.3. The van der Waals surface area contributed by atoms with E-state index in [0.717, 1.165) is 5.69 Å². The minimum atomic E-state index is -3.41. The molecule has 2 rings (SSSR count). The third kappa shape index (κ3) is 3.64. The van der Waals surface area contributed by atoms with Crippen molar-refractivity contribution in [2.75, 3.05) is 11.1 Å². The number of carbonyl (C=O) groups is 1. The lowest BCUT2D eigenvalue weighted by Crippen LogP contribution is -2.19. The molecule has 1 amide bonds. The van der Waals surface area contributed by atoms with Crippen LogP contribution in [0.15, 0.2) is 35.4 Å². The number of nitrogens with zero attached hydrogens (tertiary/aromatic N) is 2. The molecule has 0 bridgehead atoms. The van der Waals surface area contributed by atoms with Gasteiger partial charge in [0.1, 0.15) is 12.3 Å². The summed E-state index contributed by atoms with van der Waals surface area (Å²) in [4.78, 5) is 12.0. The van der Waals surface area contributed by atoms with E-state index in [0.29, 0.717) is 0 Å². The second kappa shape index (κ2) is 6.18. The van der Waals surface area contributed by atoms with Crippen molar-refractivity contribution in [1.82, 2.24) is 9.78 Å². The van der Waals surface area contributed by atoms with E-state index in [4.69, 9.17) is 0 Å². The van der Waals surface area contributed by atoms with E-state index in [1.807, 2.05) is 0 Å². The van der Waals surface area contributed by atoms with E-state index in [1.54, 1.807) is 19.2 Å². The van der Waals surface area contributed by atoms with Gasteiger partial charge in [0, 0.05) is 6.20 Å². The van der Waals surface area contributed by atoms with Gasteiger partial charge in [-0.3, -0.25) is 9.48 Å². The van der Waals surface area contributed by atoms with Crippen LogP contribution in [0.2, 0.25) is 0 Å². The molecule has 0 fully saturated rings. The van der Waals surface area contributed by atoms with Gasteiger partial charge in [0.25, 0.3) is 0 Å². The molecule has 0 aliphatic carbocycles. The van der Waals surface area contributed by atoms with Crippen LogP contribution in [-0.4, -0.2) is 35.0 Å². The normalized spacial score (nSPS) is 11.4. The number of aromatic nitrogens is 2. The molecule has 0 saturated heterocycles. The van der Waals surface area contributed by atoms with Crippen LogP contribution in [-0.2, 0) is 21.2 Å². The minimum Gasteiger partial charge on any atom is -0.506 e. The number of phenolic OH excluding ortho intramolecular Hbond substituents is 1. The number of hydrogen-bond acceptors (Lipinski definition) is 5. The fourth-order valence-electron chi connectivity index (χ4n) is 1.86. The Bertz CT molecular complexity index is 796. The maximum atomic E-state index is 11.9. The third-order valence-electron chi connectivity index (χ3n) is 3.06. The van der Waals surface area contributed by atoms with Gasteiger partial charge in [-0.05, 0) is 31.2 Å². The fraction of sp³-hybridized carbons (Fsp3) is 0.286. The summed E-state index contributed by atoms with van der Waals surface area (Å²) < 4.78 is 25.1. The number of hydrogen-bond donors (Lipinski definition) is 2. The average molecular weight is 323 g/mol. The molecular weight excluding hydrogens is 306 g/mol. The van der Waals surface area contributed by atoms with Crippen LogP contribution in [0.1, 0.15) is 12.6 Å². The highest BCUT2D eigenvalue weighted by Gasteiger charge is 2.15. The Kier molecular flexibility index (Phi) is 4.51. The molecular formula is C14H17N3O4S. The number of anilines is 1. The predicted octanol–water partition coefficient (Wildman–Crippen LogP) is 1.33. The molecule has 1 aromatic carbocycles. The molecule has 0 aliphatic heterocycles. The van der Waals surface area contributed by atoms with Gasteiger partial charge in [-0.1, -0.05) is 6.92 Å². The molecule has 2 aromatic rings. The first-order valence-electron chi connectivity index (χ1n) is 6.67. The highest BCUT2D eigenvalue weighted by atomic mass is 32.2. The van der Waals surface area contributed by atoms with Crippen molar-refractivity contribution in [3.8, 4) is 5.75 Å². The van der Waals surface area contributed by atoms with Crippen molar-refractivity contribution < 1.29 is 18.3 Å². The van der Waals surface area contributed by atoms with E-state index in [1.165, 1.54) is 29.8 Å². The molecule has 0 unspecified atom stereocenters. The van der Waals surface area contributed by atoms with E-state index < -0.39 is 15.7 Å². The zero-order valence-electron chi connectivity index (χ0n) is 12.3. The van der Waals surface area contributed by atoms with Gasteiger partial charge >= 0.3 is 0 Å². The van der Waals surface area contributed by atoms with E-state index in [9.17, 15) is 18.3 Å². The number of aromatic hydroxyl groups is 1. The summed E-state index contributed by atoms with van der Waals surface area (Å²) in [6.45, 7) is 3.30. The van der Waals surface area contributed by atoms with E-state index >= 15 is 0 Å². The summed E-state index contributed by atoms with van der Waals surface area (Å²) in [6, 6.07) is 5.57. The smallest absolute Gasteiger partial charge is 0.246 e. The fourth-order valence-corrected chi connectivity index (χ4v) is 2.77. The van der Waals surface area contributed by atoms with Crippen molar-refractivity contribution in [2.24, 2.45) is 0 Å². The topological polar surface area (TPSA) is 101 Å². The summed E-state index contributed by atoms with van der Waals surface area (Å²) in [5.41, 5.74) is 0.843. The number of rotatable bonds is 5. The van der Waals surface area contributed by atoms with E-state index in [-0.39, 0.29) is 28.6 Å². The Morgan fingerprint density at radius 3 is 2.68 bits per heavy atom. The number of amides is 1. The predicted molar refractivity (Wildman–Crippen MR) is 81.4 cm³/mol. The lowest BCUT2D eigenvalue weighted by molar-refractivity contribution is -0.116. The van der Waals surface area contributed by atoms with Crippen LogP contribution < -0.4 is 5.32 Å². The molecule has 2 N–H and O–H groups in total. The largest absolute Gasteiger partial charge is 0.506 e. The molecule has 7 nitrogen and oxygen atoms in total. The summed E-state index contributed by atoms with van der Waals surface area (Å²) in [5.74, 6) is -0.665. The molecule has 0 aliphatic rings. The van der Waals surface area contributed by atoms with Crippen LogP contribution in [0.5, 0.6) is 5.75 Å².